The first-order valence-electron chi connectivity index (χ1n) is 4.48. The van der Waals surface area contributed by atoms with Crippen LogP contribution >= 0.6 is 0 Å². The molecule has 0 bridgehead atoms. The van der Waals surface area contributed by atoms with Crippen molar-refractivity contribution in [1.29, 1.82) is 0 Å². The largest absolute Gasteiger partial charge is 0.402 e. The molecule has 1 aliphatic carbocycles. The van der Waals surface area contributed by atoms with Crippen molar-refractivity contribution in [2.75, 3.05) is 0 Å². The van der Waals surface area contributed by atoms with Crippen molar-refractivity contribution in [2.24, 2.45) is 5.73 Å². The van der Waals surface area contributed by atoms with Crippen LogP contribution in [0.5, 0.6) is 0 Å². The molecule has 0 aromatic carbocycles. The lowest BCUT2D eigenvalue weighted by molar-refractivity contribution is -0.151. The SMILES string of the molecule is CC1(C)OC2CC(N)=CC(O)C2O1. The van der Waals surface area contributed by atoms with E-state index >= 15 is 0 Å². The number of hydrogen-bond acceptors (Lipinski definition) is 4. The third-order valence-electron chi connectivity index (χ3n) is 2.38. The van der Waals surface area contributed by atoms with Gasteiger partial charge < -0.3 is 20.3 Å². The predicted octanol–water partition coefficient (Wildman–Crippen LogP) is 0.114. The number of nitrogens with two attached hydrogens (primary N) is 1. The zero-order valence-corrected chi connectivity index (χ0v) is 7.86. The maximum absolute atomic E-state index is 9.62. The van der Waals surface area contributed by atoms with E-state index in [4.69, 9.17) is 15.2 Å². The minimum atomic E-state index is -0.638. The summed E-state index contributed by atoms with van der Waals surface area (Å²) in [6.45, 7) is 3.68. The number of aliphatic hydroxyl groups excluding tert-OH is 1. The van der Waals surface area contributed by atoms with E-state index in [-0.39, 0.29) is 12.2 Å². The van der Waals surface area contributed by atoms with Crippen molar-refractivity contribution in [3.8, 4) is 0 Å². The van der Waals surface area contributed by atoms with Crippen molar-refractivity contribution >= 4 is 0 Å². The smallest absolute Gasteiger partial charge is 0.163 e. The minimum absolute atomic E-state index is 0.102. The molecule has 1 aliphatic heterocycles. The lowest BCUT2D eigenvalue weighted by Gasteiger charge is -2.25. The van der Waals surface area contributed by atoms with Gasteiger partial charge in [-0.3, -0.25) is 0 Å². The highest BCUT2D eigenvalue weighted by atomic mass is 16.8. The van der Waals surface area contributed by atoms with E-state index in [1.165, 1.54) is 0 Å². The summed E-state index contributed by atoms with van der Waals surface area (Å²) in [5.74, 6) is -0.602. The molecule has 0 radical (unpaired) electrons. The first-order chi connectivity index (χ1) is 5.98. The second kappa shape index (κ2) is 2.70. The summed E-state index contributed by atoms with van der Waals surface area (Å²) in [7, 11) is 0. The van der Waals surface area contributed by atoms with E-state index in [0.717, 1.165) is 0 Å². The molecule has 3 unspecified atom stereocenters. The van der Waals surface area contributed by atoms with Gasteiger partial charge in [-0.2, -0.15) is 0 Å². The van der Waals surface area contributed by atoms with Crippen molar-refractivity contribution in [2.45, 2.75) is 44.4 Å². The molecule has 3 atom stereocenters. The third-order valence-corrected chi connectivity index (χ3v) is 2.38. The van der Waals surface area contributed by atoms with Gasteiger partial charge in [0, 0.05) is 12.1 Å². The van der Waals surface area contributed by atoms with Crippen LogP contribution in [0.15, 0.2) is 11.8 Å². The minimum Gasteiger partial charge on any atom is -0.402 e. The van der Waals surface area contributed by atoms with E-state index < -0.39 is 11.9 Å². The summed E-state index contributed by atoms with van der Waals surface area (Å²) in [6.07, 6.45) is 1.27. The van der Waals surface area contributed by atoms with Crippen LogP contribution in [0.25, 0.3) is 0 Å². The highest BCUT2D eigenvalue weighted by molar-refractivity contribution is 5.13. The maximum atomic E-state index is 9.62. The Morgan fingerprint density at radius 2 is 2.23 bits per heavy atom. The number of fused-ring (bicyclic) bond motifs is 1. The van der Waals surface area contributed by atoms with Crippen molar-refractivity contribution in [3.05, 3.63) is 11.8 Å². The fourth-order valence-corrected chi connectivity index (χ4v) is 1.92. The van der Waals surface area contributed by atoms with Crippen LogP contribution in [0.2, 0.25) is 0 Å². The summed E-state index contributed by atoms with van der Waals surface area (Å²) < 4.78 is 11.1. The van der Waals surface area contributed by atoms with Crippen molar-refractivity contribution < 1.29 is 14.6 Å². The molecule has 13 heavy (non-hydrogen) atoms. The second-order valence-corrected chi connectivity index (χ2v) is 4.07. The molecule has 0 aromatic heterocycles. The third kappa shape index (κ3) is 1.57. The Morgan fingerprint density at radius 3 is 2.92 bits per heavy atom. The molecule has 4 heteroatoms. The molecule has 1 saturated heterocycles. The number of hydrogen-bond donors (Lipinski definition) is 2. The molecule has 74 valence electrons. The Bertz CT molecular complexity index is 249. The second-order valence-electron chi connectivity index (χ2n) is 4.07. The molecule has 1 heterocycles. The molecular formula is C9H15NO3. The van der Waals surface area contributed by atoms with Gasteiger partial charge in [-0.1, -0.05) is 0 Å². The van der Waals surface area contributed by atoms with Gasteiger partial charge in [0.05, 0.1) is 6.10 Å². The lowest BCUT2D eigenvalue weighted by Crippen LogP contribution is -2.39. The molecule has 0 aromatic rings. The first kappa shape index (κ1) is 8.99. The average Bonchev–Trinajstić information content (AvgIpc) is 2.23. The quantitative estimate of drug-likeness (QED) is 0.562. The van der Waals surface area contributed by atoms with Gasteiger partial charge in [0.2, 0.25) is 0 Å². The summed E-state index contributed by atoms with van der Waals surface area (Å²) in [6, 6.07) is 0. The monoisotopic (exact) mass is 185 g/mol. The number of rotatable bonds is 0. The summed E-state index contributed by atoms with van der Waals surface area (Å²) >= 11 is 0. The molecule has 2 rings (SSSR count). The van der Waals surface area contributed by atoms with Crippen LogP contribution in [0.3, 0.4) is 0 Å². The molecule has 4 nitrogen and oxygen atoms in total. The summed E-state index contributed by atoms with van der Waals surface area (Å²) in [5.41, 5.74) is 6.31. The molecule has 3 N–H and O–H groups in total. The van der Waals surface area contributed by atoms with Crippen molar-refractivity contribution in [3.63, 3.8) is 0 Å². The fourth-order valence-electron chi connectivity index (χ4n) is 1.92. The van der Waals surface area contributed by atoms with Crippen LogP contribution in [-0.4, -0.2) is 29.2 Å². The highest BCUT2D eigenvalue weighted by Gasteiger charge is 2.46. The van der Waals surface area contributed by atoms with Gasteiger partial charge in [-0.05, 0) is 19.9 Å². The van der Waals surface area contributed by atoms with E-state index in [1.54, 1.807) is 6.08 Å². The van der Waals surface area contributed by atoms with Gasteiger partial charge in [-0.25, -0.2) is 0 Å². The van der Waals surface area contributed by atoms with E-state index in [0.29, 0.717) is 12.1 Å². The highest BCUT2D eigenvalue weighted by Crippen LogP contribution is 2.35. The molecule has 0 spiro atoms. The van der Waals surface area contributed by atoms with Gasteiger partial charge >= 0.3 is 0 Å². The van der Waals surface area contributed by atoms with Gasteiger partial charge in [0.1, 0.15) is 12.2 Å². The van der Waals surface area contributed by atoms with Gasteiger partial charge in [0.25, 0.3) is 0 Å². The van der Waals surface area contributed by atoms with Crippen LogP contribution in [-0.2, 0) is 9.47 Å². The summed E-state index contributed by atoms with van der Waals surface area (Å²) in [4.78, 5) is 0. The number of ether oxygens (including phenoxy) is 2. The van der Waals surface area contributed by atoms with E-state index in [9.17, 15) is 5.11 Å². The van der Waals surface area contributed by atoms with Crippen molar-refractivity contribution in [1.82, 2.24) is 0 Å². The van der Waals surface area contributed by atoms with Crippen LogP contribution < -0.4 is 5.73 Å². The van der Waals surface area contributed by atoms with Gasteiger partial charge in [0.15, 0.2) is 5.79 Å². The predicted molar refractivity (Wildman–Crippen MR) is 46.7 cm³/mol. The lowest BCUT2D eigenvalue weighted by atomic mass is 9.97. The van der Waals surface area contributed by atoms with E-state index in [1.807, 2.05) is 13.8 Å². The Kier molecular flexibility index (Phi) is 1.87. The molecule has 1 fully saturated rings. The normalized spacial score (nSPS) is 42.7. The standard InChI is InChI=1S/C9H15NO3/c1-9(2)12-7-4-5(10)3-6(11)8(7)13-9/h3,6-8,11H,4,10H2,1-2H3. The summed E-state index contributed by atoms with van der Waals surface area (Å²) in [5, 5.41) is 9.62. The molecule has 0 amide bonds. The first-order valence-corrected chi connectivity index (χ1v) is 4.48. The Morgan fingerprint density at radius 1 is 1.54 bits per heavy atom. The fraction of sp³-hybridized carbons (Fsp3) is 0.778. The Balaban J connectivity index is 2.18. The topological polar surface area (TPSA) is 64.7 Å². The zero-order chi connectivity index (χ0) is 9.64. The maximum Gasteiger partial charge on any atom is 0.163 e. The zero-order valence-electron chi connectivity index (χ0n) is 7.86. The average molecular weight is 185 g/mol. The van der Waals surface area contributed by atoms with Gasteiger partial charge in [-0.15, -0.1) is 0 Å². The Hall–Kier alpha value is -0.580. The van der Waals surface area contributed by atoms with Crippen LogP contribution in [0.1, 0.15) is 20.3 Å². The molecule has 0 saturated carbocycles. The van der Waals surface area contributed by atoms with E-state index in [2.05, 4.69) is 0 Å². The molecular weight excluding hydrogens is 170 g/mol. The Labute approximate surface area is 77.3 Å². The van der Waals surface area contributed by atoms with Crippen LogP contribution in [0.4, 0.5) is 0 Å². The van der Waals surface area contributed by atoms with Crippen LogP contribution in [0, 0.1) is 0 Å². The molecule has 2 aliphatic rings. The number of aliphatic hydroxyl groups is 1.